The maximum Gasteiger partial charge on any atom is 0.270 e. The van der Waals surface area contributed by atoms with E-state index in [1.54, 1.807) is 11.6 Å². The largest absolute Gasteiger partial charge is 0.454 e. The first kappa shape index (κ1) is 20.5. The van der Waals surface area contributed by atoms with Crippen molar-refractivity contribution >= 4 is 23.5 Å². The SMILES string of the molecule is C[C@@H]1OCC2(CCN(c3nc(N)c(Sc4cccc5c4OCO5)c(=O)n3C)CC2)[C@@H]1N. The fourth-order valence-corrected chi connectivity index (χ4v) is 5.68. The van der Waals surface area contributed by atoms with Gasteiger partial charge >= 0.3 is 0 Å². The highest BCUT2D eigenvalue weighted by Crippen LogP contribution is 2.44. The Labute approximate surface area is 184 Å². The van der Waals surface area contributed by atoms with Crippen molar-refractivity contribution in [1.82, 2.24) is 9.55 Å². The molecule has 4 heterocycles. The Morgan fingerprint density at radius 2 is 2.03 bits per heavy atom. The minimum absolute atomic E-state index is 0.00583. The van der Waals surface area contributed by atoms with E-state index in [-0.39, 0.29) is 35.7 Å². The maximum atomic E-state index is 13.2. The highest BCUT2D eigenvalue weighted by atomic mass is 32.2. The second-order valence-corrected chi connectivity index (χ2v) is 9.53. The molecule has 166 valence electrons. The van der Waals surface area contributed by atoms with Gasteiger partial charge in [-0.15, -0.1) is 0 Å². The van der Waals surface area contributed by atoms with Crippen LogP contribution in [0, 0.1) is 5.41 Å². The topological polar surface area (TPSA) is 118 Å². The predicted molar refractivity (Wildman–Crippen MR) is 118 cm³/mol. The van der Waals surface area contributed by atoms with E-state index in [9.17, 15) is 4.79 Å². The third-order valence-electron chi connectivity index (χ3n) is 6.71. The molecule has 0 radical (unpaired) electrons. The van der Waals surface area contributed by atoms with Gasteiger partial charge in [0.2, 0.25) is 12.7 Å². The summed E-state index contributed by atoms with van der Waals surface area (Å²) in [7, 11) is 1.74. The molecule has 0 bridgehead atoms. The number of benzene rings is 1. The first-order chi connectivity index (χ1) is 14.9. The number of nitrogen functional groups attached to an aromatic ring is 1. The number of hydrogen-bond acceptors (Lipinski definition) is 9. The molecule has 0 unspecified atom stereocenters. The highest BCUT2D eigenvalue weighted by molar-refractivity contribution is 7.99. The lowest BCUT2D eigenvalue weighted by molar-refractivity contribution is 0.0973. The predicted octanol–water partition coefficient (Wildman–Crippen LogP) is 1.58. The van der Waals surface area contributed by atoms with E-state index in [0.29, 0.717) is 28.9 Å². The number of rotatable bonds is 3. The Morgan fingerprint density at radius 3 is 2.74 bits per heavy atom. The number of hydrogen-bond donors (Lipinski definition) is 2. The summed E-state index contributed by atoms with van der Waals surface area (Å²) in [5.74, 6) is 2.09. The smallest absolute Gasteiger partial charge is 0.270 e. The summed E-state index contributed by atoms with van der Waals surface area (Å²) < 4.78 is 18.4. The summed E-state index contributed by atoms with van der Waals surface area (Å²) >= 11 is 1.25. The van der Waals surface area contributed by atoms with Crippen LogP contribution in [0.25, 0.3) is 0 Å². The second kappa shape index (κ2) is 7.61. The standard InChI is InChI=1S/C21H27N5O4S/c1-12-17(22)21(10-28-12)6-8-26(9-7-21)20-24-18(23)16(19(27)25(20)2)31-14-5-3-4-13-15(14)30-11-29-13/h3-5,12,17H,6-11,22-23H2,1-2H3/t12-,17+/m0/s1. The summed E-state index contributed by atoms with van der Waals surface area (Å²) in [5.41, 5.74) is 12.5. The van der Waals surface area contributed by atoms with Crippen LogP contribution in [0.15, 0.2) is 32.8 Å². The minimum Gasteiger partial charge on any atom is -0.454 e. The van der Waals surface area contributed by atoms with Crippen LogP contribution in [0.1, 0.15) is 19.8 Å². The van der Waals surface area contributed by atoms with Crippen molar-refractivity contribution in [2.75, 3.05) is 37.1 Å². The van der Waals surface area contributed by atoms with Gasteiger partial charge in [-0.1, -0.05) is 17.8 Å². The minimum atomic E-state index is -0.182. The lowest BCUT2D eigenvalue weighted by atomic mass is 9.73. The number of anilines is 2. The van der Waals surface area contributed by atoms with Crippen molar-refractivity contribution in [3.05, 3.63) is 28.6 Å². The van der Waals surface area contributed by atoms with Crippen LogP contribution in [0.4, 0.5) is 11.8 Å². The third kappa shape index (κ3) is 3.33. The maximum absolute atomic E-state index is 13.2. The Hall–Kier alpha value is -2.43. The zero-order chi connectivity index (χ0) is 21.8. The van der Waals surface area contributed by atoms with Gasteiger partial charge in [-0.25, -0.2) is 0 Å². The molecule has 1 spiro atoms. The zero-order valence-electron chi connectivity index (χ0n) is 17.7. The van der Waals surface area contributed by atoms with Crippen LogP contribution >= 0.6 is 11.8 Å². The molecule has 10 heteroatoms. The lowest BCUT2D eigenvalue weighted by Crippen LogP contribution is -2.51. The van der Waals surface area contributed by atoms with Crippen molar-refractivity contribution in [2.45, 2.75) is 41.7 Å². The van der Waals surface area contributed by atoms with Crippen molar-refractivity contribution < 1.29 is 14.2 Å². The quantitative estimate of drug-likeness (QED) is 0.726. The normalized spacial score (nSPS) is 24.2. The van der Waals surface area contributed by atoms with E-state index >= 15 is 0 Å². The zero-order valence-corrected chi connectivity index (χ0v) is 18.5. The van der Waals surface area contributed by atoms with Crippen LogP contribution in [0.5, 0.6) is 11.5 Å². The first-order valence-corrected chi connectivity index (χ1v) is 11.3. The summed E-state index contributed by atoms with van der Waals surface area (Å²) in [5, 5.41) is 0. The fourth-order valence-electron chi connectivity index (χ4n) is 4.68. The van der Waals surface area contributed by atoms with Gasteiger partial charge in [0.15, 0.2) is 11.5 Å². The van der Waals surface area contributed by atoms with Gasteiger partial charge in [-0.2, -0.15) is 4.98 Å². The van der Waals surface area contributed by atoms with Crippen molar-refractivity contribution in [3.63, 3.8) is 0 Å². The summed E-state index contributed by atoms with van der Waals surface area (Å²) in [6, 6.07) is 5.61. The van der Waals surface area contributed by atoms with Gasteiger partial charge in [-0.3, -0.25) is 9.36 Å². The van der Waals surface area contributed by atoms with Crippen molar-refractivity contribution in [2.24, 2.45) is 18.2 Å². The van der Waals surface area contributed by atoms with Crippen LogP contribution < -0.4 is 31.4 Å². The number of para-hydroxylation sites is 1. The molecule has 5 rings (SSSR count). The first-order valence-electron chi connectivity index (χ1n) is 10.4. The molecule has 2 fully saturated rings. The molecule has 0 aliphatic carbocycles. The monoisotopic (exact) mass is 445 g/mol. The van der Waals surface area contributed by atoms with Gasteiger partial charge in [-0.05, 0) is 31.9 Å². The molecule has 3 aliphatic heterocycles. The fraction of sp³-hybridized carbons (Fsp3) is 0.524. The molecule has 0 amide bonds. The van der Waals surface area contributed by atoms with E-state index in [0.717, 1.165) is 30.8 Å². The molecule has 0 saturated carbocycles. The van der Waals surface area contributed by atoms with Gasteiger partial charge in [0.25, 0.3) is 5.56 Å². The number of aromatic nitrogens is 2. The number of piperidine rings is 1. The third-order valence-corrected chi connectivity index (χ3v) is 7.84. The van der Waals surface area contributed by atoms with Crippen LogP contribution in [-0.2, 0) is 11.8 Å². The van der Waals surface area contributed by atoms with E-state index in [2.05, 4.69) is 9.88 Å². The average molecular weight is 446 g/mol. The van der Waals surface area contributed by atoms with Gasteiger partial charge in [0, 0.05) is 31.6 Å². The number of nitrogens with zero attached hydrogens (tertiary/aromatic N) is 3. The van der Waals surface area contributed by atoms with E-state index < -0.39 is 0 Å². The van der Waals surface area contributed by atoms with Gasteiger partial charge < -0.3 is 30.6 Å². The van der Waals surface area contributed by atoms with Crippen molar-refractivity contribution in [1.29, 1.82) is 0 Å². The molecule has 31 heavy (non-hydrogen) atoms. The molecule has 4 N–H and O–H groups in total. The van der Waals surface area contributed by atoms with E-state index in [1.165, 1.54) is 11.8 Å². The Bertz CT molecular complexity index is 1070. The summed E-state index contributed by atoms with van der Waals surface area (Å²) in [6.07, 6.45) is 1.88. The second-order valence-electron chi connectivity index (χ2n) is 8.47. The molecule has 2 aromatic rings. The highest BCUT2D eigenvalue weighted by Gasteiger charge is 2.47. The molecular formula is C21H27N5O4S. The van der Waals surface area contributed by atoms with Gasteiger partial charge in [0.1, 0.15) is 10.7 Å². The molecule has 3 aliphatic rings. The summed E-state index contributed by atoms with van der Waals surface area (Å²) in [6.45, 7) is 4.41. The molecule has 1 aromatic heterocycles. The van der Waals surface area contributed by atoms with Crippen LogP contribution in [0.3, 0.4) is 0 Å². The van der Waals surface area contributed by atoms with E-state index in [4.69, 9.17) is 25.7 Å². The lowest BCUT2D eigenvalue weighted by Gasteiger charge is -2.41. The Balaban J connectivity index is 1.39. The number of nitrogens with two attached hydrogens (primary N) is 2. The molecule has 2 atom stereocenters. The number of ether oxygens (including phenoxy) is 3. The molecule has 9 nitrogen and oxygen atoms in total. The van der Waals surface area contributed by atoms with Crippen LogP contribution in [0.2, 0.25) is 0 Å². The Morgan fingerprint density at radius 1 is 1.26 bits per heavy atom. The molecule has 2 saturated heterocycles. The number of fused-ring (bicyclic) bond motifs is 1. The summed E-state index contributed by atoms with van der Waals surface area (Å²) in [4.78, 5) is 21.1. The molecule has 1 aromatic carbocycles. The van der Waals surface area contributed by atoms with Gasteiger partial charge in [0.05, 0.1) is 17.6 Å². The Kier molecular flexibility index (Phi) is 5.03. The average Bonchev–Trinajstić information content (AvgIpc) is 3.36. The molecular weight excluding hydrogens is 418 g/mol. The van der Waals surface area contributed by atoms with E-state index in [1.807, 2.05) is 25.1 Å². The van der Waals surface area contributed by atoms with Crippen LogP contribution in [-0.4, -0.2) is 48.2 Å². The van der Waals surface area contributed by atoms with Crippen molar-refractivity contribution in [3.8, 4) is 11.5 Å².